The summed E-state index contributed by atoms with van der Waals surface area (Å²) in [6.07, 6.45) is 3.24. The third-order valence-electron chi connectivity index (χ3n) is 2.29. The van der Waals surface area contributed by atoms with Crippen molar-refractivity contribution in [2.24, 2.45) is 10.8 Å². The molecule has 92 valence electrons. The number of aromatic nitrogens is 2. The molecule has 0 bridgehead atoms. The number of carbonyl (C=O) groups is 1. The highest BCUT2D eigenvalue weighted by Gasteiger charge is 2.20. The van der Waals surface area contributed by atoms with Crippen LogP contribution in [0.25, 0.3) is 10.4 Å². The summed E-state index contributed by atoms with van der Waals surface area (Å²) in [6.45, 7) is 3.30. The summed E-state index contributed by atoms with van der Waals surface area (Å²) in [5.41, 5.74) is 14.2. The Balaban J connectivity index is 2.72. The van der Waals surface area contributed by atoms with Crippen molar-refractivity contribution < 1.29 is 4.79 Å². The third-order valence-corrected chi connectivity index (χ3v) is 2.29. The molecule has 1 rings (SSSR count). The largest absolute Gasteiger partial charge is 0.368 e. The number of nitrogens with zero attached hydrogens (tertiary/aromatic N) is 5. The first kappa shape index (κ1) is 13.0. The van der Waals surface area contributed by atoms with Gasteiger partial charge in [-0.05, 0) is 12.5 Å². The van der Waals surface area contributed by atoms with Crippen molar-refractivity contribution in [3.05, 3.63) is 28.7 Å². The Bertz CT molecular complexity index is 421. The van der Waals surface area contributed by atoms with Gasteiger partial charge in [0.1, 0.15) is 6.04 Å². The first-order valence-electron chi connectivity index (χ1n) is 5.24. The first-order valence-corrected chi connectivity index (χ1v) is 5.24. The fourth-order valence-corrected chi connectivity index (χ4v) is 1.49. The summed E-state index contributed by atoms with van der Waals surface area (Å²) < 4.78 is 1.83. The van der Waals surface area contributed by atoms with Crippen molar-refractivity contribution in [1.82, 2.24) is 14.9 Å². The van der Waals surface area contributed by atoms with E-state index in [1.807, 2.05) is 11.5 Å². The molecule has 1 heterocycles. The molecule has 0 aliphatic rings. The van der Waals surface area contributed by atoms with Crippen molar-refractivity contribution in [2.75, 3.05) is 13.1 Å². The van der Waals surface area contributed by atoms with E-state index < -0.39 is 11.9 Å². The molecule has 1 unspecified atom stereocenters. The molecule has 17 heavy (non-hydrogen) atoms. The number of nitrogens with two attached hydrogens (primary N) is 1. The zero-order valence-corrected chi connectivity index (χ0v) is 9.58. The van der Waals surface area contributed by atoms with E-state index in [0.717, 1.165) is 0 Å². The van der Waals surface area contributed by atoms with Gasteiger partial charge in [-0.15, -0.1) is 0 Å². The zero-order valence-electron chi connectivity index (χ0n) is 9.58. The maximum atomic E-state index is 11.3. The molecular weight excluding hydrogens is 222 g/mol. The fraction of sp³-hybridized carbons (Fsp3) is 0.556. The molecule has 0 aliphatic carbocycles. The lowest BCUT2D eigenvalue weighted by Crippen LogP contribution is -2.36. The van der Waals surface area contributed by atoms with Crippen LogP contribution in [0.15, 0.2) is 17.6 Å². The Hall–Kier alpha value is -2.05. The average molecular weight is 237 g/mol. The van der Waals surface area contributed by atoms with E-state index in [1.165, 1.54) is 0 Å². The highest BCUT2D eigenvalue weighted by atomic mass is 16.1. The van der Waals surface area contributed by atoms with Gasteiger partial charge in [0.05, 0.1) is 18.2 Å². The van der Waals surface area contributed by atoms with E-state index >= 15 is 0 Å². The van der Waals surface area contributed by atoms with Gasteiger partial charge in [0, 0.05) is 24.5 Å². The van der Waals surface area contributed by atoms with Gasteiger partial charge >= 0.3 is 0 Å². The van der Waals surface area contributed by atoms with Gasteiger partial charge in [-0.2, -0.15) is 0 Å². The molecule has 1 aromatic heterocycles. The van der Waals surface area contributed by atoms with Crippen molar-refractivity contribution >= 4 is 5.91 Å². The molecule has 0 radical (unpaired) electrons. The molecule has 0 aromatic carbocycles. The van der Waals surface area contributed by atoms with Crippen molar-refractivity contribution in [2.45, 2.75) is 19.5 Å². The number of nitrogens with one attached hydrogen (secondary N) is 1. The molecule has 0 saturated heterocycles. The number of imidazole rings is 1. The Morgan fingerprint density at radius 1 is 1.82 bits per heavy atom. The van der Waals surface area contributed by atoms with Gasteiger partial charge in [-0.3, -0.25) is 4.79 Å². The SMILES string of the molecule is CCn1cncc1C(NCCN=[N+]=[N-])C(N)=O. The third kappa shape index (κ3) is 3.47. The van der Waals surface area contributed by atoms with Crippen LogP contribution in [0.3, 0.4) is 0 Å². The van der Waals surface area contributed by atoms with E-state index in [2.05, 4.69) is 20.3 Å². The molecule has 0 fully saturated rings. The van der Waals surface area contributed by atoms with Crippen LogP contribution in [0.4, 0.5) is 0 Å². The van der Waals surface area contributed by atoms with Crippen LogP contribution >= 0.6 is 0 Å². The average Bonchev–Trinajstić information content (AvgIpc) is 2.76. The minimum atomic E-state index is -0.619. The van der Waals surface area contributed by atoms with Crippen LogP contribution in [0.1, 0.15) is 18.7 Å². The second kappa shape index (κ2) is 6.51. The lowest BCUT2D eigenvalue weighted by molar-refractivity contribution is -0.120. The van der Waals surface area contributed by atoms with Crippen molar-refractivity contribution in [3.63, 3.8) is 0 Å². The maximum Gasteiger partial charge on any atom is 0.240 e. The number of rotatable bonds is 7. The predicted molar refractivity (Wildman–Crippen MR) is 61.9 cm³/mol. The lowest BCUT2D eigenvalue weighted by atomic mass is 10.2. The van der Waals surface area contributed by atoms with Crippen LogP contribution in [-0.4, -0.2) is 28.5 Å². The highest BCUT2D eigenvalue weighted by Crippen LogP contribution is 2.11. The van der Waals surface area contributed by atoms with Crippen LogP contribution in [0.5, 0.6) is 0 Å². The topological polar surface area (TPSA) is 122 Å². The van der Waals surface area contributed by atoms with E-state index in [1.54, 1.807) is 12.5 Å². The lowest BCUT2D eigenvalue weighted by Gasteiger charge is -2.16. The molecule has 0 aliphatic heterocycles. The molecule has 3 N–H and O–H groups in total. The van der Waals surface area contributed by atoms with E-state index in [-0.39, 0.29) is 6.54 Å². The monoisotopic (exact) mass is 237 g/mol. The molecule has 8 heteroatoms. The second-order valence-corrected chi connectivity index (χ2v) is 3.35. The standard InChI is InChI=1S/C9H15N7O/c1-2-16-6-12-5-7(16)8(9(10)17)13-3-4-14-15-11/h5-6,8,13H,2-4H2,1H3,(H2,10,17). The van der Waals surface area contributed by atoms with Gasteiger partial charge in [-0.25, -0.2) is 4.98 Å². The summed E-state index contributed by atoms with van der Waals surface area (Å²) in [4.78, 5) is 17.9. The molecular formula is C9H15N7O. The van der Waals surface area contributed by atoms with E-state index in [9.17, 15) is 4.79 Å². The van der Waals surface area contributed by atoms with E-state index in [0.29, 0.717) is 18.8 Å². The van der Waals surface area contributed by atoms with Crippen molar-refractivity contribution in [1.29, 1.82) is 0 Å². The van der Waals surface area contributed by atoms with Gasteiger partial charge in [0.15, 0.2) is 0 Å². The normalized spacial score (nSPS) is 11.8. The minimum absolute atomic E-state index is 0.264. The number of hydrogen-bond donors (Lipinski definition) is 2. The quantitative estimate of drug-likeness (QED) is 0.307. The summed E-state index contributed by atoms with van der Waals surface area (Å²) >= 11 is 0. The summed E-state index contributed by atoms with van der Waals surface area (Å²) in [6, 6.07) is -0.619. The van der Waals surface area contributed by atoms with Crippen LogP contribution < -0.4 is 11.1 Å². The highest BCUT2D eigenvalue weighted by molar-refractivity contribution is 5.80. The minimum Gasteiger partial charge on any atom is -0.368 e. The number of azide groups is 1. The first-order chi connectivity index (χ1) is 8.20. The van der Waals surface area contributed by atoms with Gasteiger partial charge in [-0.1, -0.05) is 5.11 Å². The zero-order chi connectivity index (χ0) is 12.7. The number of primary amides is 1. The molecule has 1 aromatic rings. The Morgan fingerprint density at radius 3 is 3.18 bits per heavy atom. The van der Waals surface area contributed by atoms with E-state index in [4.69, 9.17) is 11.3 Å². The smallest absolute Gasteiger partial charge is 0.240 e. The van der Waals surface area contributed by atoms with Crippen molar-refractivity contribution in [3.8, 4) is 0 Å². The van der Waals surface area contributed by atoms with Crippen LogP contribution in [0.2, 0.25) is 0 Å². The number of amides is 1. The summed E-state index contributed by atoms with van der Waals surface area (Å²) in [5.74, 6) is -0.485. The maximum absolute atomic E-state index is 11.3. The summed E-state index contributed by atoms with van der Waals surface area (Å²) in [5, 5.41) is 6.30. The van der Waals surface area contributed by atoms with Crippen LogP contribution in [-0.2, 0) is 11.3 Å². The Morgan fingerprint density at radius 2 is 2.59 bits per heavy atom. The molecule has 8 nitrogen and oxygen atoms in total. The van der Waals surface area contributed by atoms with Gasteiger partial charge in [0.25, 0.3) is 0 Å². The molecule has 1 amide bonds. The fourth-order valence-electron chi connectivity index (χ4n) is 1.49. The van der Waals surface area contributed by atoms with Gasteiger partial charge < -0.3 is 15.6 Å². The van der Waals surface area contributed by atoms with Gasteiger partial charge in [0.2, 0.25) is 5.91 Å². The molecule has 1 atom stereocenters. The number of carbonyl (C=O) groups excluding carboxylic acids is 1. The summed E-state index contributed by atoms with van der Waals surface area (Å²) in [7, 11) is 0. The number of hydrogen-bond acceptors (Lipinski definition) is 4. The number of aryl methyl sites for hydroxylation is 1. The molecule has 0 saturated carbocycles. The van der Waals surface area contributed by atoms with Crippen LogP contribution in [0, 0.1) is 0 Å². The Labute approximate surface area is 98.4 Å². The predicted octanol–water partition coefficient (Wildman–Crippen LogP) is 0.329. The Kier molecular flexibility index (Phi) is 4.99. The second-order valence-electron chi connectivity index (χ2n) is 3.35. The molecule has 0 spiro atoms.